The van der Waals surface area contributed by atoms with E-state index in [9.17, 15) is 0 Å². The molecule has 1 N–H and O–H groups in total. The van der Waals surface area contributed by atoms with Gasteiger partial charge in [-0.25, -0.2) is 0 Å². The SMILES string of the molecule is CCOc1ccccc1C(c1ccc(Br)s1)N1CCNCC1. The van der Waals surface area contributed by atoms with Gasteiger partial charge in [0, 0.05) is 36.6 Å². The van der Waals surface area contributed by atoms with E-state index in [-0.39, 0.29) is 6.04 Å². The van der Waals surface area contributed by atoms with E-state index in [2.05, 4.69) is 56.5 Å². The van der Waals surface area contributed by atoms with Gasteiger partial charge in [0.15, 0.2) is 0 Å². The molecular weight excluding hydrogens is 360 g/mol. The highest BCUT2D eigenvalue weighted by Crippen LogP contribution is 2.39. The fraction of sp³-hybridized carbons (Fsp3) is 0.412. The van der Waals surface area contributed by atoms with Crippen LogP contribution in [-0.4, -0.2) is 37.7 Å². The zero-order chi connectivity index (χ0) is 15.4. The van der Waals surface area contributed by atoms with Crippen molar-refractivity contribution in [1.29, 1.82) is 0 Å². The highest BCUT2D eigenvalue weighted by Gasteiger charge is 2.27. The van der Waals surface area contributed by atoms with Crippen LogP contribution in [0.3, 0.4) is 0 Å². The zero-order valence-electron chi connectivity index (χ0n) is 12.7. The highest BCUT2D eigenvalue weighted by atomic mass is 79.9. The summed E-state index contributed by atoms with van der Waals surface area (Å²) in [4.78, 5) is 3.91. The number of benzene rings is 1. The maximum Gasteiger partial charge on any atom is 0.124 e. The summed E-state index contributed by atoms with van der Waals surface area (Å²) in [5.74, 6) is 0.998. The van der Waals surface area contributed by atoms with Crippen molar-refractivity contribution < 1.29 is 4.74 Å². The van der Waals surface area contributed by atoms with Gasteiger partial charge in [-0.3, -0.25) is 4.90 Å². The van der Waals surface area contributed by atoms with E-state index >= 15 is 0 Å². The van der Waals surface area contributed by atoms with Gasteiger partial charge in [-0.2, -0.15) is 0 Å². The summed E-state index contributed by atoms with van der Waals surface area (Å²) in [6.45, 7) is 6.93. The van der Waals surface area contributed by atoms with Gasteiger partial charge in [0.25, 0.3) is 0 Å². The van der Waals surface area contributed by atoms with Crippen LogP contribution >= 0.6 is 27.3 Å². The van der Waals surface area contributed by atoms with Crippen LogP contribution in [0.1, 0.15) is 23.4 Å². The van der Waals surface area contributed by atoms with Crippen molar-refractivity contribution in [3.63, 3.8) is 0 Å². The molecule has 0 aliphatic carbocycles. The predicted molar refractivity (Wildman–Crippen MR) is 95.9 cm³/mol. The van der Waals surface area contributed by atoms with Crippen molar-refractivity contribution in [3.05, 3.63) is 50.6 Å². The number of thiophene rings is 1. The van der Waals surface area contributed by atoms with Gasteiger partial charge in [-0.15, -0.1) is 11.3 Å². The van der Waals surface area contributed by atoms with Crippen molar-refractivity contribution in [2.24, 2.45) is 0 Å². The number of nitrogens with one attached hydrogen (secondary N) is 1. The summed E-state index contributed by atoms with van der Waals surface area (Å²) in [6, 6.07) is 13.1. The maximum absolute atomic E-state index is 5.89. The third kappa shape index (κ3) is 3.54. The minimum absolute atomic E-state index is 0.265. The number of hydrogen-bond acceptors (Lipinski definition) is 4. The molecule has 22 heavy (non-hydrogen) atoms. The smallest absolute Gasteiger partial charge is 0.124 e. The Hall–Kier alpha value is -0.880. The first-order valence-electron chi connectivity index (χ1n) is 7.71. The van der Waals surface area contributed by atoms with Crippen molar-refractivity contribution >= 4 is 27.3 Å². The summed E-state index contributed by atoms with van der Waals surface area (Å²) in [5.41, 5.74) is 1.26. The molecule has 1 fully saturated rings. The normalized spacial score (nSPS) is 17.4. The van der Waals surface area contributed by atoms with Crippen LogP contribution in [0.15, 0.2) is 40.2 Å². The third-order valence-electron chi connectivity index (χ3n) is 3.89. The summed E-state index contributed by atoms with van der Waals surface area (Å²) in [5, 5.41) is 3.44. The molecule has 0 saturated carbocycles. The molecule has 118 valence electrons. The lowest BCUT2D eigenvalue weighted by Crippen LogP contribution is -2.45. The standard InChI is InChI=1S/C17H21BrN2OS/c1-2-21-14-6-4-3-5-13(14)17(15-7-8-16(18)22-15)20-11-9-19-10-12-20/h3-8,17,19H,2,9-12H2,1H3. The van der Waals surface area contributed by atoms with Crippen molar-refractivity contribution in [2.75, 3.05) is 32.8 Å². The van der Waals surface area contributed by atoms with Crippen LogP contribution in [-0.2, 0) is 0 Å². The van der Waals surface area contributed by atoms with Gasteiger partial charge in [0.1, 0.15) is 5.75 Å². The Kier molecular flexibility index (Phi) is 5.52. The lowest BCUT2D eigenvalue weighted by atomic mass is 10.0. The van der Waals surface area contributed by atoms with E-state index in [1.165, 1.54) is 14.2 Å². The topological polar surface area (TPSA) is 24.5 Å². The fourth-order valence-electron chi connectivity index (χ4n) is 2.94. The first kappa shape index (κ1) is 16.0. The first-order valence-corrected chi connectivity index (χ1v) is 9.32. The Bertz CT molecular complexity index is 610. The fourth-order valence-corrected chi connectivity index (χ4v) is 4.52. The van der Waals surface area contributed by atoms with E-state index in [1.54, 1.807) is 0 Å². The van der Waals surface area contributed by atoms with Crippen molar-refractivity contribution in [3.8, 4) is 5.75 Å². The summed E-state index contributed by atoms with van der Waals surface area (Å²) < 4.78 is 7.07. The van der Waals surface area contributed by atoms with E-state index in [0.717, 1.165) is 31.9 Å². The minimum Gasteiger partial charge on any atom is -0.494 e. The van der Waals surface area contributed by atoms with Crippen LogP contribution in [0.25, 0.3) is 0 Å². The van der Waals surface area contributed by atoms with Gasteiger partial charge in [0.05, 0.1) is 16.4 Å². The Morgan fingerprint density at radius 2 is 2.00 bits per heavy atom. The quantitative estimate of drug-likeness (QED) is 0.850. The van der Waals surface area contributed by atoms with E-state index in [4.69, 9.17) is 4.74 Å². The first-order chi connectivity index (χ1) is 10.8. The molecule has 2 heterocycles. The van der Waals surface area contributed by atoms with Gasteiger partial charge >= 0.3 is 0 Å². The lowest BCUT2D eigenvalue weighted by molar-refractivity contribution is 0.196. The maximum atomic E-state index is 5.89. The molecule has 2 aromatic rings. The predicted octanol–water partition coefficient (Wildman–Crippen LogP) is 3.90. The Morgan fingerprint density at radius 3 is 2.68 bits per heavy atom. The molecule has 0 radical (unpaired) electrons. The second kappa shape index (κ2) is 7.59. The Labute approximate surface area is 144 Å². The summed E-state index contributed by atoms with van der Waals surface area (Å²) in [7, 11) is 0. The average molecular weight is 381 g/mol. The molecule has 5 heteroatoms. The monoisotopic (exact) mass is 380 g/mol. The molecule has 0 spiro atoms. The molecular formula is C17H21BrN2OS. The lowest BCUT2D eigenvalue weighted by Gasteiger charge is -2.35. The van der Waals surface area contributed by atoms with Gasteiger partial charge in [0.2, 0.25) is 0 Å². The molecule has 0 amide bonds. The second-order valence-corrected chi connectivity index (χ2v) is 7.80. The van der Waals surface area contributed by atoms with Crippen LogP contribution in [0, 0.1) is 0 Å². The minimum atomic E-state index is 0.265. The van der Waals surface area contributed by atoms with E-state index < -0.39 is 0 Å². The number of hydrogen-bond donors (Lipinski definition) is 1. The second-order valence-electron chi connectivity index (χ2n) is 5.30. The van der Waals surface area contributed by atoms with Gasteiger partial charge < -0.3 is 10.1 Å². The molecule has 1 aliphatic heterocycles. The number of halogens is 1. The Balaban J connectivity index is 2.01. The third-order valence-corrected chi connectivity index (χ3v) is 5.57. The van der Waals surface area contributed by atoms with E-state index in [1.807, 2.05) is 24.3 Å². The number of piperazine rings is 1. The van der Waals surface area contributed by atoms with E-state index in [0.29, 0.717) is 6.61 Å². The number of ether oxygens (including phenoxy) is 1. The Morgan fingerprint density at radius 1 is 1.23 bits per heavy atom. The van der Waals surface area contributed by atoms with Crippen LogP contribution in [0.2, 0.25) is 0 Å². The average Bonchev–Trinajstić information content (AvgIpc) is 2.97. The van der Waals surface area contributed by atoms with Crippen LogP contribution < -0.4 is 10.1 Å². The number of rotatable bonds is 5. The zero-order valence-corrected chi connectivity index (χ0v) is 15.1. The highest BCUT2D eigenvalue weighted by molar-refractivity contribution is 9.11. The van der Waals surface area contributed by atoms with Crippen molar-refractivity contribution in [2.45, 2.75) is 13.0 Å². The molecule has 1 saturated heterocycles. The summed E-state index contributed by atoms with van der Waals surface area (Å²) >= 11 is 5.41. The molecule has 1 aromatic carbocycles. The van der Waals surface area contributed by atoms with Gasteiger partial charge in [-0.05, 0) is 41.1 Å². The molecule has 1 aromatic heterocycles. The van der Waals surface area contributed by atoms with Crippen molar-refractivity contribution in [1.82, 2.24) is 10.2 Å². The molecule has 0 bridgehead atoms. The van der Waals surface area contributed by atoms with Crippen LogP contribution in [0.4, 0.5) is 0 Å². The molecule has 3 rings (SSSR count). The molecule has 1 aliphatic rings. The van der Waals surface area contributed by atoms with Crippen LogP contribution in [0.5, 0.6) is 5.75 Å². The molecule has 1 atom stereocenters. The molecule has 1 unspecified atom stereocenters. The van der Waals surface area contributed by atoms with Gasteiger partial charge in [-0.1, -0.05) is 18.2 Å². The summed E-state index contributed by atoms with van der Waals surface area (Å²) in [6.07, 6.45) is 0. The number of para-hydroxylation sites is 1. The largest absolute Gasteiger partial charge is 0.494 e. The number of nitrogens with zero attached hydrogens (tertiary/aromatic N) is 1. The molecule has 3 nitrogen and oxygen atoms in total.